The second-order valence-electron chi connectivity index (χ2n) is 5.36. The van der Waals surface area contributed by atoms with E-state index in [4.69, 9.17) is 4.74 Å². The molecule has 2 aromatic carbocycles. The highest BCUT2D eigenvalue weighted by molar-refractivity contribution is 6.15. The zero-order valence-corrected chi connectivity index (χ0v) is 14.4. The van der Waals surface area contributed by atoms with Crippen LogP contribution < -0.4 is 10.6 Å². The minimum Gasteiger partial charge on any atom is -0.383 e. The average Bonchev–Trinajstić information content (AvgIpc) is 2.66. The molecule has 0 heterocycles. The first-order valence-electron chi connectivity index (χ1n) is 7.86. The fourth-order valence-electron chi connectivity index (χ4n) is 2.43. The van der Waals surface area contributed by atoms with Crippen LogP contribution in [0.5, 0.6) is 0 Å². The van der Waals surface area contributed by atoms with Gasteiger partial charge in [-0.25, -0.2) is 0 Å². The summed E-state index contributed by atoms with van der Waals surface area (Å²) in [6.45, 7) is 0.653. The van der Waals surface area contributed by atoms with Crippen LogP contribution in [0.25, 0.3) is 0 Å². The van der Waals surface area contributed by atoms with Crippen LogP contribution in [0.4, 0.5) is 11.4 Å². The van der Waals surface area contributed by atoms with Crippen molar-refractivity contribution in [2.24, 2.45) is 0 Å². The number of nitro benzene ring substituents is 1. The summed E-state index contributed by atoms with van der Waals surface area (Å²) in [5.74, 6) is -0.874. The van der Waals surface area contributed by atoms with Crippen molar-refractivity contribution < 1.29 is 19.2 Å². The van der Waals surface area contributed by atoms with Gasteiger partial charge in [0.25, 0.3) is 11.6 Å². The molecule has 0 spiro atoms. The summed E-state index contributed by atoms with van der Waals surface area (Å²) in [5.41, 5.74) is 0.605. The van der Waals surface area contributed by atoms with E-state index < -0.39 is 16.6 Å². The monoisotopic (exact) mass is 357 g/mol. The van der Waals surface area contributed by atoms with Crippen molar-refractivity contribution in [2.75, 3.05) is 32.6 Å². The second-order valence-corrected chi connectivity index (χ2v) is 5.36. The Kier molecular flexibility index (Phi) is 6.40. The number of nitro groups is 1. The average molecular weight is 357 g/mol. The third-order valence-electron chi connectivity index (χ3n) is 3.73. The zero-order valence-electron chi connectivity index (χ0n) is 14.4. The van der Waals surface area contributed by atoms with Gasteiger partial charge in [-0.2, -0.15) is 0 Å². The Hall–Kier alpha value is -3.26. The number of ketones is 1. The third-order valence-corrected chi connectivity index (χ3v) is 3.73. The Balaban J connectivity index is 2.37. The van der Waals surface area contributed by atoms with E-state index in [1.54, 1.807) is 19.2 Å². The largest absolute Gasteiger partial charge is 0.383 e. The van der Waals surface area contributed by atoms with Gasteiger partial charge in [0, 0.05) is 37.9 Å². The molecule has 8 nitrogen and oxygen atoms in total. The SMILES string of the molecule is CNc1ccc(C(=O)c2ccccc2C(=O)NCCOC)cc1[N+](=O)[O-]. The lowest BCUT2D eigenvalue weighted by molar-refractivity contribution is -0.384. The van der Waals surface area contributed by atoms with Crippen LogP contribution in [0.1, 0.15) is 26.3 Å². The van der Waals surface area contributed by atoms with Gasteiger partial charge in [0.1, 0.15) is 5.69 Å². The van der Waals surface area contributed by atoms with Crippen molar-refractivity contribution in [3.05, 3.63) is 69.3 Å². The normalized spacial score (nSPS) is 10.2. The Bertz CT molecular complexity index is 835. The summed E-state index contributed by atoms with van der Waals surface area (Å²) in [7, 11) is 3.08. The summed E-state index contributed by atoms with van der Waals surface area (Å²) in [4.78, 5) is 35.8. The number of carbonyl (C=O) groups excluding carboxylic acids is 2. The number of anilines is 1. The van der Waals surface area contributed by atoms with Crippen LogP contribution >= 0.6 is 0 Å². The number of rotatable bonds is 8. The molecule has 0 aliphatic carbocycles. The lowest BCUT2D eigenvalue weighted by Gasteiger charge is -2.10. The number of hydrogen-bond acceptors (Lipinski definition) is 6. The second kappa shape index (κ2) is 8.72. The standard InChI is InChI=1S/C18H19N3O5/c1-19-15-8-7-12(11-16(15)21(24)25)17(22)13-5-3-4-6-14(13)18(23)20-9-10-26-2/h3-8,11,19H,9-10H2,1-2H3,(H,20,23). The summed E-state index contributed by atoms with van der Waals surface area (Å²) in [6, 6.07) is 10.5. The first-order valence-corrected chi connectivity index (χ1v) is 7.86. The topological polar surface area (TPSA) is 111 Å². The summed E-state index contributed by atoms with van der Waals surface area (Å²) >= 11 is 0. The predicted octanol–water partition coefficient (Wildman–Crippen LogP) is 2.24. The summed E-state index contributed by atoms with van der Waals surface area (Å²) in [6.07, 6.45) is 0. The molecule has 2 N–H and O–H groups in total. The molecule has 0 aliphatic rings. The van der Waals surface area contributed by atoms with Gasteiger partial charge in [0.15, 0.2) is 5.78 Å². The van der Waals surface area contributed by atoms with E-state index in [9.17, 15) is 19.7 Å². The van der Waals surface area contributed by atoms with Gasteiger partial charge < -0.3 is 15.4 Å². The molecular weight excluding hydrogens is 338 g/mol. The molecule has 0 aromatic heterocycles. The smallest absolute Gasteiger partial charge is 0.293 e. The number of methoxy groups -OCH3 is 1. The van der Waals surface area contributed by atoms with Gasteiger partial charge in [0.2, 0.25) is 0 Å². The molecule has 0 unspecified atom stereocenters. The van der Waals surface area contributed by atoms with Gasteiger partial charge >= 0.3 is 0 Å². The quantitative estimate of drug-likeness (QED) is 0.324. The van der Waals surface area contributed by atoms with E-state index in [2.05, 4.69) is 10.6 Å². The molecule has 0 saturated carbocycles. The third kappa shape index (κ3) is 4.22. The van der Waals surface area contributed by atoms with Crippen LogP contribution in [-0.4, -0.2) is 43.9 Å². The minimum absolute atomic E-state index is 0.132. The van der Waals surface area contributed by atoms with E-state index in [1.807, 2.05) is 0 Å². The molecule has 0 saturated heterocycles. The maximum absolute atomic E-state index is 12.8. The van der Waals surface area contributed by atoms with Gasteiger partial charge in [-0.05, 0) is 18.2 Å². The van der Waals surface area contributed by atoms with Crippen molar-refractivity contribution >= 4 is 23.1 Å². The highest BCUT2D eigenvalue weighted by atomic mass is 16.6. The molecule has 0 atom stereocenters. The minimum atomic E-state index is -0.564. The van der Waals surface area contributed by atoms with Gasteiger partial charge in [-0.1, -0.05) is 18.2 Å². The first-order chi connectivity index (χ1) is 12.5. The Labute approximate surface area is 150 Å². The van der Waals surface area contributed by atoms with Gasteiger partial charge in [0.05, 0.1) is 17.1 Å². The van der Waals surface area contributed by atoms with E-state index >= 15 is 0 Å². The zero-order chi connectivity index (χ0) is 19.1. The fraction of sp³-hybridized carbons (Fsp3) is 0.222. The number of benzene rings is 2. The number of nitrogens with zero attached hydrogens (tertiary/aromatic N) is 1. The summed E-state index contributed by atoms with van der Waals surface area (Å²) < 4.78 is 4.88. The van der Waals surface area contributed by atoms with Crippen molar-refractivity contribution in [3.8, 4) is 0 Å². The number of amides is 1. The number of nitrogens with one attached hydrogen (secondary N) is 2. The molecule has 0 bridgehead atoms. The molecule has 0 fully saturated rings. The Morgan fingerprint density at radius 1 is 1.15 bits per heavy atom. The molecular formula is C18H19N3O5. The number of ether oxygens (including phenoxy) is 1. The predicted molar refractivity (Wildman–Crippen MR) is 96.7 cm³/mol. The molecule has 0 radical (unpaired) electrons. The highest BCUT2D eigenvalue weighted by Crippen LogP contribution is 2.26. The fourth-order valence-corrected chi connectivity index (χ4v) is 2.43. The van der Waals surface area contributed by atoms with Crippen LogP contribution in [-0.2, 0) is 4.74 Å². The molecule has 2 rings (SSSR count). The van der Waals surface area contributed by atoms with E-state index in [-0.39, 0.29) is 22.4 Å². The van der Waals surface area contributed by atoms with Crippen molar-refractivity contribution in [1.29, 1.82) is 0 Å². The van der Waals surface area contributed by atoms with Crippen LogP contribution in [0, 0.1) is 10.1 Å². The maximum atomic E-state index is 12.8. The molecule has 8 heteroatoms. The number of carbonyl (C=O) groups is 2. The van der Waals surface area contributed by atoms with Crippen molar-refractivity contribution in [1.82, 2.24) is 5.32 Å². The molecule has 26 heavy (non-hydrogen) atoms. The van der Waals surface area contributed by atoms with E-state index in [1.165, 1.54) is 37.4 Å². The maximum Gasteiger partial charge on any atom is 0.293 e. The Morgan fingerprint density at radius 2 is 1.85 bits per heavy atom. The van der Waals surface area contributed by atoms with Crippen LogP contribution in [0.2, 0.25) is 0 Å². The Morgan fingerprint density at radius 3 is 2.46 bits per heavy atom. The van der Waals surface area contributed by atoms with E-state index in [0.717, 1.165) is 0 Å². The number of hydrogen-bond donors (Lipinski definition) is 2. The lowest BCUT2D eigenvalue weighted by atomic mass is 9.97. The molecule has 0 aliphatic heterocycles. The van der Waals surface area contributed by atoms with Gasteiger partial charge in [-0.3, -0.25) is 19.7 Å². The highest BCUT2D eigenvalue weighted by Gasteiger charge is 2.21. The van der Waals surface area contributed by atoms with E-state index in [0.29, 0.717) is 18.8 Å². The molecule has 1 amide bonds. The molecule has 136 valence electrons. The van der Waals surface area contributed by atoms with Crippen LogP contribution in [0.15, 0.2) is 42.5 Å². The van der Waals surface area contributed by atoms with Crippen molar-refractivity contribution in [3.63, 3.8) is 0 Å². The van der Waals surface area contributed by atoms with Gasteiger partial charge in [-0.15, -0.1) is 0 Å². The molecule has 2 aromatic rings. The van der Waals surface area contributed by atoms with Crippen LogP contribution in [0.3, 0.4) is 0 Å². The summed E-state index contributed by atoms with van der Waals surface area (Å²) in [5, 5.41) is 16.6. The van der Waals surface area contributed by atoms with Crippen molar-refractivity contribution in [2.45, 2.75) is 0 Å². The first kappa shape index (κ1) is 19.1. The lowest BCUT2D eigenvalue weighted by Crippen LogP contribution is -2.28.